The summed E-state index contributed by atoms with van der Waals surface area (Å²) < 4.78 is 4.78. The highest BCUT2D eigenvalue weighted by Crippen LogP contribution is 2.29. The van der Waals surface area contributed by atoms with E-state index in [2.05, 4.69) is 5.32 Å². The summed E-state index contributed by atoms with van der Waals surface area (Å²) in [7, 11) is 0. The number of ether oxygens (including phenoxy) is 1. The molecule has 12 heavy (non-hydrogen) atoms. The lowest BCUT2D eigenvalue weighted by Gasteiger charge is -2.32. The molecule has 0 atom stereocenters. The van der Waals surface area contributed by atoms with Gasteiger partial charge in [-0.2, -0.15) is 0 Å². The molecule has 0 unspecified atom stereocenters. The van der Waals surface area contributed by atoms with Crippen LogP contribution in [0.2, 0.25) is 0 Å². The van der Waals surface area contributed by atoms with E-state index in [9.17, 15) is 9.59 Å². The molecule has 0 bridgehead atoms. The molecule has 0 saturated carbocycles. The Balaban J connectivity index is 2.77. The fourth-order valence-corrected chi connectivity index (χ4v) is 1.31. The highest BCUT2D eigenvalue weighted by Gasteiger charge is 2.40. The van der Waals surface area contributed by atoms with Crippen LogP contribution in [0.15, 0.2) is 0 Å². The van der Waals surface area contributed by atoms with E-state index in [4.69, 9.17) is 4.74 Å². The van der Waals surface area contributed by atoms with E-state index in [1.807, 2.05) is 13.8 Å². The molecule has 2 amide bonds. The van der Waals surface area contributed by atoms with Crippen LogP contribution in [-0.4, -0.2) is 18.6 Å². The third kappa shape index (κ3) is 1.29. The number of hydrogen-bond acceptors (Lipinski definition) is 3. The fraction of sp³-hybridized carbons (Fsp3) is 0.750. The Morgan fingerprint density at radius 3 is 2.42 bits per heavy atom. The maximum Gasteiger partial charge on any atom is 0.413 e. The number of rotatable bonds is 2. The van der Waals surface area contributed by atoms with Gasteiger partial charge >= 0.3 is 6.09 Å². The second kappa shape index (κ2) is 3.13. The Morgan fingerprint density at radius 1 is 1.42 bits per heavy atom. The zero-order valence-corrected chi connectivity index (χ0v) is 7.35. The molecule has 0 aromatic carbocycles. The van der Waals surface area contributed by atoms with Crippen LogP contribution in [0.3, 0.4) is 0 Å². The summed E-state index contributed by atoms with van der Waals surface area (Å²) >= 11 is 0. The van der Waals surface area contributed by atoms with Crippen molar-refractivity contribution >= 4 is 12.0 Å². The molecule has 0 aliphatic carbocycles. The lowest BCUT2D eigenvalue weighted by atomic mass is 9.82. The normalized spacial score (nSPS) is 21.5. The molecule has 1 aliphatic rings. The summed E-state index contributed by atoms with van der Waals surface area (Å²) in [5.41, 5.74) is -0.492. The Morgan fingerprint density at radius 2 is 2.00 bits per heavy atom. The number of cyclic esters (lactones) is 1. The average Bonchev–Trinajstić information content (AvgIpc) is 2.06. The number of hydrogen-bond donors (Lipinski definition) is 1. The zero-order chi connectivity index (χ0) is 9.19. The second-order valence-corrected chi connectivity index (χ2v) is 3.02. The quantitative estimate of drug-likeness (QED) is 0.675. The van der Waals surface area contributed by atoms with Gasteiger partial charge < -0.3 is 4.74 Å². The first kappa shape index (κ1) is 9.03. The highest BCUT2D eigenvalue weighted by molar-refractivity contribution is 5.97. The van der Waals surface area contributed by atoms with Crippen molar-refractivity contribution in [2.45, 2.75) is 26.7 Å². The van der Waals surface area contributed by atoms with Gasteiger partial charge in [0.1, 0.15) is 6.61 Å². The molecular formula is C8H13NO3. The van der Waals surface area contributed by atoms with E-state index in [1.54, 1.807) is 0 Å². The van der Waals surface area contributed by atoms with Gasteiger partial charge in [0.2, 0.25) is 5.91 Å². The van der Waals surface area contributed by atoms with Gasteiger partial charge in [-0.15, -0.1) is 0 Å². The zero-order valence-electron chi connectivity index (χ0n) is 7.35. The van der Waals surface area contributed by atoms with Crippen molar-refractivity contribution in [1.29, 1.82) is 0 Å². The number of amides is 2. The summed E-state index contributed by atoms with van der Waals surface area (Å²) in [6.45, 7) is 4.05. The molecule has 1 heterocycles. The first-order valence-electron chi connectivity index (χ1n) is 4.13. The van der Waals surface area contributed by atoms with Crippen LogP contribution in [0.25, 0.3) is 0 Å². The van der Waals surface area contributed by atoms with E-state index in [0.717, 1.165) is 0 Å². The molecule has 0 aromatic rings. The lowest BCUT2D eigenvalue weighted by Crippen LogP contribution is -2.51. The third-order valence-corrected chi connectivity index (χ3v) is 2.53. The van der Waals surface area contributed by atoms with Gasteiger partial charge in [-0.1, -0.05) is 13.8 Å². The average molecular weight is 171 g/mol. The molecular weight excluding hydrogens is 158 g/mol. The Kier molecular flexibility index (Phi) is 2.35. The Hall–Kier alpha value is -1.06. The minimum Gasteiger partial charge on any atom is -0.448 e. The molecule has 4 nitrogen and oxygen atoms in total. The number of nitrogens with one attached hydrogen (secondary N) is 1. The molecule has 1 saturated heterocycles. The molecule has 1 rings (SSSR count). The van der Waals surface area contributed by atoms with Crippen LogP contribution < -0.4 is 5.32 Å². The smallest absolute Gasteiger partial charge is 0.413 e. The van der Waals surface area contributed by atoms with Gasteiger partial charge in [-0.3, -0.25) is 10.1 Å². The van der Waals surface area contributed by atoms with Crippen molar-refractivity contribution in [2.75, 3.05) is 6.61 Å². The Labute approximate surface area is 71.3 Å². The van der Waals surface area contributed by atoms with E-state index >= 15 is 0 Å². The lowest BCUT2D eigenvalue weighted by molar-refractivity contribution is -0.137. The van der Waals surface area contributed by atoms with E-state index in [0.29, 0.717) is 12.8 Å². The van der Waals surface area contributed by atoms with Gasteiger partial charge in [0.15, 0.2) is 0 Å². The van der Waals surface area contributed by atoms with Crippen LogP contribution in [0.4, 0.5) is 4.79 Å². The van der Waals surface area contributed by atoms with Gasteiger partial charge in [0.25, 0.3) is 0 Å². The predicted molar refractivity (Wildman–Crippen MR) is 42.5 cm³/mol. The number of carbonyl (C=O) groups excluding carboxylic acids is 2. The summed E-state index contributed by atoms with van der Waals surface area (Å²) in [5.74, 6) is -0.205. The van der Waals surface area contributed by atoms with Crippen LogP contribution in [-0.2, 0) is 9.53 Å². The summed E-state index contributed by atoms with van der Waals surface area (Å²) in [4.78, 5) is 22.0. The monoisotopic (exact) mass is 171 g/mol. The van der Waals surface area contributed by atoms with Crippen molar-refractivity contribution in [1.82, 2.24) is 5.32 Å². The number of alkyl carbamates (subject to hydrolysis) is 1. The molecule has 1 aliphatic heterocycles. The van der Waals surface area contributed by atoms with Crippen molar-refractivity contribution in [2.24, 2.45) is 5.41 Å². The van der Waals surface area contributed by atoms with Gasteiger partial charge in [0, 0.05) is 0 Å². The van der Waals surface area contributed by atoms with Gasteiger partial charge in [-0.25, -0.2) is 4.79 Å². The highest BCUT2D eigenvalue weighted by atomic mass is 16.6. The first-order valence-corrected chi connectivity index (χ1v) is 4.13. The van der Waals surface area contributed by atoms with Crippen LogP contribution >= 0.6 is 0 Å². The van der Waals surface area contributed by atoms with Gasteiger partial charge in [0.05, 0.1) is 5.41 Å². The summed E-state index contributed by atoms with van der Waals surface area (Å²) in [5, 5.41) is 2.17. The number of imide groups is 1. The van der Waals surface area contributed by atoms with Crippen LogP contribution in [0, 0.1) is 5.41 Å². The summed E-state index contributed by atoms with van der Waals surface area (Å²) in [6.07, 6.45) is 0.767. The number of carbonyl (C=O) groups is 2. The molecule has 1 N–H and O–H groups in total. The van der Waals surface area contributed by atoms with E-state index in [1.165, 1.54) is 0 Å². The minimum absolute atomic E-state index is 0.205. The molecule has 0 spiro atoms. The van der Waals surface area contributed by atoms with E-state index in [-0.39, 0.29) is 12.5 Å². The van der Waals surface area contributed by atoms with Crippen LogP contribution in [0.1, 0.15) is 26.7 Å². The molecule has 0 aromatic heterocycles. The Bertz CT molecular complexity index is 208. The van der Waals surface area contributed by atoms with Crippen molar-refractivity contribution in [3.05, 3.63) is 0 Å². The van der Waals surface area contributed by atoms with Crippen molar-refractivity contribution < 1.29 is 14.3 Å². The fourth-order valence-electron chi connectivity index (χ4n) is 1.31. The SMILES string of the molecule is CCC1(CC)COC(=O)NC1=O. The van der Waals surface area contributed by atoms with Crippen molar-refractivity contribution in [3.8, 4) is 0 Å². The predicted octanol–water partition coefficient (Wildman–Crippen LogP) is 1.06. The molecule has 4 heteroatoms. The molecule has 68 valence electrons. The van der Waals surface area contributed by atoms with E-state index < -0.39 is 11.5 Å². The van der Waals surface area contributed by atoms with Gasteiger partial charge in [-0.05, 0) is 12.8 Å². The molecule has 0 radical (unpaired) electrons. The standard InChI is InChI=1S/C8H13NO3/c1-3-8(4-2)5-12-7(11)9-6(8)10/h3-5H2,1-2H3,(H,9,10,11). The second-order valence-electron chi connectivity index (χ2n) is 3.02. The molecule has 1 fully saturated rings. The maximum atomic E-state index is 11.4. The minimum atomic E-state index is -0.627. The largest absolute Gasteiger partial charge is 0.448 e. The van der Waals surface area contributed by atoms with Crippen molar-refractivity contribution in [3.63, 3.8) is 0 Å². The summed E-state index contributed by atoms with van der Waals surface area (Å²) in [6, 6.07) is 0. The topological polar surface area (TPSA) is 55.4 Å². The van der Waals surface area contributed by atoms with Crippen LogP contribution in [0.5, 0.6) is 0 Å². The third-order valence-electron chi connectivity index (χ3n) is 2.53. The maximum absolute atomic E-state index is 11.4. The first-order chi connectivity index (χ1) is 5.64.